The van der Waals surface area contributed by atoms with Crippen LogP contribution in [0, 0.1) is 5.92 Å². The van der Waals surface area contributed by atoms with E-state index >= 15 is 0 Å². The lowest BCUT2D eigenvalue weighted by atomic mass is 9.98. The second kappa shape index (κ2) is 8.31. The highest BCUT2D eigenvalue weighted by Gasteiger charge is 2.23. The summed E-state index contributed by atoms with van der Waals surface area (Å²) in [5, 5.41) is 1.82. The van der Waals surface area contributed by atoms with Crippen LogP contribution in [0.4, 0.5) is 0 Å². The molecule has 0 bridgehead atoms. The van der Waals surface area contributed by atoms with E-state index in [1.807, 2.05) is 29.6 Å². The van der Waals surface area contributed by atoms with Crippen molar-refractivity contribution in [2.45, 2.75) is 19.3 Å². The van der Waals surface area contributed by atoms with Gasteiger partial charge < -0.3 is 4.74 Å². The monoisotopic (exact) mass is 329 g/mol. The molecule has 0 aliphatic carbocycles. The van der Waals surface area contributed by atoms with Gasteiger partial charge in [0.05, 0.1) is 32.7 Å². The zero-order valence-electron chi connectivity index (χ0n) is 14.6. The van der Waals surface area contributed by atoms with E-state index < -0.39 is 0 Å². The van der Waals surface area contributed by atoms with Crippen molar-refractivity contribution >= 4 is 6.21 Å². The second-order valence-electron chi connectivity index (χ2n) is 6.45. The minimum atomic E-state index is 0.724. The molecule has 5 heteroatoms. The fourth-order valence-corrected chi connectivity index (χ4v) is 3.49. The number of benzene rings is 1. The van der Waals surface area contributed by atoms with Crippen LogP contribution in [0.5, 0.6) is 5.75 Å². The zero-order valence-corrected chi connectivity index (χ0v) is 14.6. The molecule has 1 unspecified atom stereocenters. The van der Waals surface area contributed by atoms with Crippen LogP contribution in [0.1, 0.15) is 18.4 Å². The predicted octanol–water partition coefficient (Wildman–Crippen LogP) is 2.74. The van der Waals surface area contributed by atoms with Crippen LogP contribution in [0.15, 0.2) is 41.2 Å². The molecule has 5 nitrogen and oxygen atoms in total. The Bertz CT molecular complexity index is 600. The molecule has 24 heavy (non-hydrogen) atoms. The van der Waals surface area contributed by atoms with Gasteiger partial charge >= 0.3 is 0 Å². The number of methoxy groups -OCH3 is 1. The average Bonchev–Trinajstić information content (AvgIpc) is 3.07. The number of hydrogen-bond donors (Lipinski definition) is 0. The summed E-state index contributed by atoms with van der Waals surface area (Å²) < 4.78 is 5.45. The molecule has 1 aromatic rings. The summed E-state index contributed by atoms with van der Waals surface area (Å²) in [6, 6.07) is 8.34. The number of likely N-dealkylation sites (tertiary alicyclic amines) is 1. The summed E-state index contributed by atoms with van der Waals surface area (Å²) in [5.74, 6) is 1.76. The lowest BCUT2D eigenvalue weighted by molar-refractivity contribution is -0.0760. The van der Waals surface area contributed by atoms with Crippen molar-refractivity contribution in [2.75, 3.05) is 40.4 Å². The Balaban J connectivity index is 1.47. The smallest absolute Gasteiger partial charge is 0.122 e. The molecule has 2 heterocycles. The lowest BCUT2D eigenvalue weighted by Crippen LogP contribution is -2.27. The van der Waals surface area contributed by atoms with Crippen LogP contribution < -0.4 is 4.74 Å². The molecule has 2 aliphatic rings. The van der Waals surface area contributed by atoms with Gasteiger partial charge in [0.25, 0.3) is 0 Å². The van der Waals surface area contributed by atoms with Crippen LogP contribution in [-0.2, 0) is 11.3 Å². The normalized spacial score (nSPS) is 21.2. The van der Waals surface area contributed by atoms with Crippen molar-refractivity contribution in [3.8, 4) is 5.75 Å². The molecular formula is C19H27N3O2. The quantitative estimate of drug-likeness (QED) is 0.771. The van der Waals surface area contributed by atoms with E-state index in [1.165, 1.54) is 18.4 Å². The molecule has 0 radical (unpaired) electrons. The fourth-order valence-electron chi connectivity index (χ4n) is 3.49. The molecule has 1 aromatic carbocycles. The Morgan fingerprint density at radius 3 is 2.96 bits per heavy atom. The van der Waals surface area contributed by atoms with E-state index in [0.29, 0.717) is 0 Å². The number of hydroxylamine groups is 2. The molecule has 1 fully saturated rings. The van der Waals surface area contributed by atoms with Gasteiger partial charge in [0.1, 0.15) is 5.75 Å². The topological polar surface area (TPSA) is 37.3 Å². The first-order valence-corrected chi connectivity index (χ1v) is 8.66. The van der Waals surface area contributed by atoms with E-state index in [-0.39, 0.29) is 0 Å². The average molecular weight is 329 g/mol. The molecular weight excluding hydrogens is 302 g/mol. The Kier molecular flexibility index (Phi) is 5.88. The first kappa shape index (κ1) is 17.0. The maximum absolute atomic E-state index is 5.45. The van der Waals surface area contributed by atoms with Gasteiger partial charge in [-0.05, 0) is 43.4 Å². The number of aryl methyl sites for hydroxylation is 1. The van der Waals surface area contributed by atoms with Crippen molar-refractivity contribution < 1.29 is 9.57 Å². The summed E-state index contributed by atoms with van der Waals surface area (Å²) in [6.45, 7) is 3.93. The van der Waals surface area contributed by atoms with Gasteiger partial charge in [0, 0.05) is 19.3 Å². The number of rotatable bonds is 7. The zero-order chi connectivity index (χ0) is 16.8. The van der Waals surface area contributed by atoms with Gasteiger partial charge in [-0.25, -0.2) is 0 Å². The van der Waals surface area contributed by atoms with Crippen LogP contribution in [0.25, 0.3) is 0 Å². The molecule has 0 spiro atoms. The van der Waals surface area contributed by atoms with Gasteiger partial charge in [0.2, 0.25) is 0 Å². The van der Waals surface area contributed by atoms with E-state index in [1.54, 1.807) is 14.2 Å². The summed E-state index contributed by atoms with van der Waals surface area (Å²) in [5.41, 5.74) is 2.39. The first-order valence-electron chi connectivity index (χ1n) is 8.66. The Labute approximate surface area is 144 Å². The van der Waals surface area contributed by atoms with Crippen LogP contribution in [0.3, 0.4) is 0 Å². The lowest BCUT2D eigenvalue weighted by Gasteiger charge is -2.22. The second-order valence-corrected chi connectivity index (χ2v) is 6.45. The number of hydrogen-bond acceptors (Lipinski definition) is 5. The maximum atomic E-state index is 5.45. The first-order chi connectivity index (χ1) is 11.8. The summed E-state index contributed by atoms with van der Waals surface area (Å²) in [7, 11) is 3.44. The van der Waals surface area contributed by atoms with Crippen molar-refractivity contribution in [3.63, 3.8) is 0 Å². The molecule has 130 valence electrons. The van der Waals surface area contributed by atoms with Gasteiger partial charge in [-0.15, -0.1) is 0 Å². The van der Waals surface area contributed by atoms with E-state index in [4.69, 9.17) is 9.57 Å². The van der Waals surface area contributed by atoms with Crippen LogP contribution >= 0.6 is 0 Å². The maximum Gasteiger partial charge on any atom is 0.122 e. The van der Waals surface area contributed by atoms with Crippen molar-refractivity contribution in [1.29, 1.82) is 0 Å². The standard InChI is InChI=1S/C19H27N3O2/c1-23-19-6-4-3-5-17(19)8-7-16-9-11-21(13-16)14-18-15-22(24-2)12-10-20-18/h3-6,10,15-16H,7-9,11-14H2,1-2H3. The van der Waals surface area contributed by atoms with Crippen molar-refractivity contribution in [1.82, 2.24) is 9.96 Å². The van der Waals surface area contributed by atoms with Crippen LogP contribution in [0.2, 0.25) is 0 Å². The number of para-hydroxylation sites is 1. The van der Waals surface area contributed by atoms with Gasteiger partial charge in [-0.2, -0.15) is 0 Å². The molecule has 0 saturated carbocycles. The third-order valence-corrected chi connectivity index (χ3v) is 4.82. The molecule has 0 amide bonds. The molecule has 1 atom stereocenters. The van der Waals surface area contributed by atoms with Crippen molar-refractivity contribution in [2.24, 2.45) is 10.9 Å². The third-order valence-electron chi connectivity index (χ3n) is 4.82. The molecule has 3 rings (SSSR count). The molecule has 1 saturated heterocycles. The highest BCUT2D eigenvalue weighted by Crippen LogP contribution is 2.26. The van der Waals surface area contributed by atoms with Gasteiger partial charge in [-0.3, -0.25) is 19.8 Å². The summed E-state index contributed by atoms with van der Waals surface area (Å²) >= 11 is 0. The minimum absolute atomic E-state index is 0.724. The van der Waals surface area contributed by atoms with Gasteiger partial charge in [0.15, 0.2) is 0 Å². The molecule has 0 aromatic heterocycles. The Morgan fingerprint density at radius 2 is 2.12 bits per heavy atom. The third kappa shape index (κ3) is 4.36. The highest BCUT2D eigenvalue weighted by atomic mass is 16.7. The van der Waals surface area contributed by atoms with Gasteiger partial charge in [-0.1, -0.05) is 18.2 Å². The molecule has 2 aliphatic heterocycles. The largest absolute Gasteiger partial charge is 0.496 e. The highest BCUT2D eigenvalue weighted by molar-refractivity contribution is 5.62. The predicted molar refractivity (Wildman–Crippen MR) is 96.2 cm³/mol. The fraction of sp³-hybridized carbons (Fsp3) is 0.526. The van der Waals surface area contributed by atoms with Crippen molar-refractivity contribution in [3.05, 3.63) is 41.7 Å². The number of nitrogens with zero attached hydrogens (tertiary/aromatic N) is 3. The SMILES string of the molecule is COc1ccccc1CCC1CCN(CC2=CN(OC)CC=N2)C1. The van der Waals surface area contributed by atoms with E-state index in [2.05, 4.69) is 22.0 Å². The number of ether oxygens (including phenoxy) is 1. The molecule has 0 N–H and O–H groups in total. The summed E-state index contributed by atoms with van der Waals surface area (Å²) in [6.07, 6.45) is 7.47. The summed E-state index contributed by atoms with van der Waals surface area (Å²) in [4.78, 5) is 12.2. The Morgan fingerprint density at radius 1 is 1.25 bits per heavy atom. The van der Waals surface area contributed by atoms with Crippen LogP contribution in [-0.4, -0.2) is 56.6 Å². The minimum Gasteiger partial charge on any atom is -0.496 e. The Hall–Kier alpha value is -1.85. The van der Waals surface area contributed by atoms with E-state index in [0.717, 1.165) is 50.0 Å². The van der Waals surface area contributed by atoms with E-state index in [9.17, 15) is 0 Å². The number of aliphatic imine (C=N–C) groups is 1.